The van der Waals surface area contributed by atoms with Crippen molar-refractivity contribution in [1.29, 1.82) is 5.41 Å². The van der Waals surface area contributed by atoms with Crippen LogP contribution in [-0.4, -0.2) is 54.4 Å². The smallest absolute Gasteiger partial charge is 0.241 e. The quantitative estimate of drug-likeness (QED) is 0.344. The topological polar surface area (TPSA) is 59.9 Å². The fraction of sp³-hybridized carbons (Fsp3) is 0.367. The number of para-hydroxylation sites is 1. The van der Waals surface area contributed by atoms with Gasteiger partial charge in [-0.1, -0.05) is 76.6 Å². The van der Waals surface area contributed by atoms with E-state index in [4.69, 9.17) is 10.1 Å². The number of hydrogen-bond donors (Lipinski definition) is 1. The van der Waals surface area contributed by atoms with Gasteiger partial charge in [-0.2, -0.15) is 0 Å². The van der Waals surface area contributed by atoms with Gasteiger partial charge < -0.3 is 14.5 Å². The number of carbonyl (C=O) groups excluding carboxylic acids is 1. The lowest BCUT2D eigenvalue weighted by atomic mass is 10.1. The second kappa shape index (κ2) is 13.0. The van der Waals surface area contributed by atoms with E-state index in [1.165, 1.54) is 24.6 Å². The molecule has 0 bridgehead atoms. The zero-order chi connectivity index (χ0) is 26.2. The van der Waals surface area contributed by atoms with E-state index in [1.54, 1.807) is 0 Å². The maximum atomic E-state index is 13.5. The molecular weight excluding hydrogens is 479 g/mol. The van der Waals surface area contributed by atoms with E-state index in [1.807, 2.05) is 49.1 Å². The van der Waals surface area contributed by atoms with Gasteiger partial charge in [-0.3, -0.25) is 15.1 Å². The van der Waals surface area contributed by atoms with Crippen molar-refractivity contribution in [2.45, 2.75) is 40.4 Å². The van der Waals surface area contributed by atoms with Gasteiger partial charge in [0.25, 0.3) is 0 Å². The molecule has 2 aliphatic heterocycles. The summed E-state index contributed by atoms with van der Waals surface area (Å²) in [6.45, 7) is 11.4. The molecule has 2 aromatic carbocycles. The number of carbonyl (C=O) groups is 1. The van der Waals surface area contributed by atoms with E-state index < -0.39 is 0 Å². The maximum absolute atomic E-state index is 13.5. The summed E-state index contributed by atoms with van der Waals surface area (Å²) in [5.74, 6) is 2.87. The summed E-state index contributed by atoms with van der Waals surface area (Å²) in [6, 6.07) is 20.6. The third kappa shape index (κ3) is 6.84. The molecule has 0 unspecified atom stereocenters. The van der Waals surface area contributed by atoms with Crippen LogP contribution in [-0.2, 0) is 29.2 Å². The Bertz CT molecular complexity index is 1190. The Morgan fingerprint density at radius 1 is 0.946 bits per heavy atom. The second-order valence-electron chi connectivity index (χ2n) is 9.23. The minimum absolute atomic E-state index is 0.115. The number of amidine groups is 1. The summed E-state index contributed by atoms with van der Waals surface area (Å²) in [7, 11) is 1.21. The van der Waals surface area contributed by atoms with Crippen LogP contribution >= 0.6 is 8.19 Å². The third-order valence-electron chi connectivity index (χ3n) is 6.59. The van der Waals surface area contributed by atoms with Gasteiger partial charge in [0.1, 0.15) is 5.84 Å². The number of morpholine rings is 1. The average Bonchev–Trinajstić information content (AvgIpc) is 3.07. The van der Waals surface area contributed by atoms with Gasteiger partial charge in [-0.15, -0.1) is 0 Å². The third-order valence-corrected chi connectivity index (χ3v) is 7.75. The van der Waals surface area contributed by atoms with Gasteiger partial charge in [-0.05, 0) is 40.8 Å². The van der Waals surface area contributed by atoms with Crippen LogP contribution in [0.4, 0.5) is 5.69 Å². The number of ether oxygens (including phenoxy) is 1. The highest BCUT2D eigenvalue weighted by Gasteiger charge is 2.26. The Kier molecular flexibility index (Phi) is 9.45. The summed E-state index contributed by atoms with van der Waals surface area (Å²) < 4.78 is 5.41. The molecule has 3 heterocycles. The molecule has 1 amide bonds. The monoisotopic (exact) mass is 516 g/mol. The molecule has 1 N–H and O–H groups in total. The van der Waals surface area contributed by atoms with Crippen molar-refractivity contribution in [2.75, 3.05) is 37.7 Å². The number of aryl methyl sites for hydroxylation is 1. The first-order chi connectivity index (χ1) is 18.1. The average molecular weight is 517 g/mol. The van der Waals surface area contributed by atoms with E-state index in [2.05, 4.69) is 52.9 Å². The molecule has 3 aromatic rings. The second-order valence-corrected chi connectivity index (χ2v) is 10.3. The van der Waals surface area contributed by atoms with Crippen LogP contribution in [0.2, 0.25) is 0 Å². The molecule has 37 heavy (non-hydrogen) atoms. The van der Waals surface area contributed by atoms with Gasteiger partial charge in [0.2, 0.25) is 5.91 Å². The van der Waals surface area contributed by atoms with Crippen LogP contribution in [0.5, 0.6) is 0 Å². The van der Waals surface area contributed by atoms with Gasteiger partial charge >= 0.3 is 0 Å². The molecule has 0 atom stereocenters. The zero-order valence-corrected chi connectivity index (χ0v) is 23.0. The number of fused-ring (bicyclic) bond motifs is 1. The van der Waals surface area contributed by atoms with Crippen molar-refractivity contribution in [1.82, 2.24) is 9.80 Å². The predicted molar refractivity (Wildman–Crippen MR) is 152 cm³/mol. The summed E-state index contributed by atoms with van der Waals surface area (Å²) >= 11 is 0. The lowest BCUT2D eigenvalue weighted by Crippen LogP contribution is -2.40. The molecule has 0 radical (unpaired) electrons. The van der Waals surface area contributed by atoms with E-state index in [-0.39, 0.29) is 5.91 Å². The Hall–Kier alpha value is -3.05. The lowest BCUT2D eigenvalue weighted by Gasteiger charge is -2.29. The predicted octanol–water partition coefficient (Wildman–Crippen LogP) is 5.81. The minimum Gasteiger partial charge on any atom is -0.378 e. The van der Waals surface area contributed by atoms with Crippen LogP contribution in [0.15, 0.2) is 66.5 Å². The molecule has 1 aromatic heterocycles. The first-order valence-electron chi connectivity index (χ1n) is 13.1. The highest BCUT2D eigenvalue weighted by Crippen LogP contribution is 2.29. The molecule has 0 aliphatic carbocycles. The number of nitrogens with zero attached hydrogens (tertiary/aromatic N) is 3. The maximum Gasteiger partial charge on any atom is 0.241 e. The van der Waals surface area contributed by atoms with Gasteiger partial charge in [0.05, 0.1) is 26.3 Å². The number of anilines is 1. The first kappa shape index (κ1) is 27.0. The summed E-state index contributed by atoms with van der Waals surface area (Å²) in [4.78, 5) is 19.7. The molecule has 1 saturated heterocycles. The fourth-order valence-electron chi connectivity index (χ4n) is 4.64. The van der Waals surface area contributed by atoms with Crippen molar-refractivity contribution < 1.29 is 9.53 Å². The highest BCUT2D eigenvalue weighted by molar-refractivity contribution is 7.30. The van der Waals surface area contributed by atoms with Crippen molar-refractivity contribution in [3.63, 3.8) is 0 Å². The number of nitrogens with one attached hydrogen (secondary N) is 1. The molecule has 7 heteroatoms. The molecule has 1 fully saturated rings. The summed E-state index contributed by atoms with van der Waals surface area (Å²) in [5.41, 5.74) is 5.40. The van der Waals surface area contributed by atoms with E-state index in [0.29, 0.717) is 32.1 Å². The van der Waals surface area contributed by atoms with Crippen LogP contribution in [0.1, 0.15) is 41.4 Å². The van der Waals surface area contributed by atoms with E-state index >= 15 is 0 Å². The summed E-state index contributed by atoms with van der Waals surface area (Å²) in [5, 5.41) is 9.85. The van der Waals surface area contributed by atoms with Gasteiger partial charge in [-0.25, -0.2) is 0 Å². The molecule has 194 valence electrons. The van der Waals surface area contributed by atoms with Crippen molar-refractivity contribution in [3.05, 3.63) is 94.0 Å². The standard InChI is InChI=1S/C28H31N4O2P.C2H6/c1-21-6-11-25(35-20-21)18-30-17-24-4-2-3-5-26(24)32(27(33)19-30)16-22-7-9-23(10-8-22)28(29)31-12-14-34-15-13-31;1-2/h2-11,20,29H,12-19H2,1H3;1-2H3. The van der Waals surface area contributed by atoms with E-state index in [0.717, 1.165) is 43.0 Å². The van der Waals surface area contributed by atoms with Crippen LogP contribution in [0.3, 0.4) is 0 Å². The Labute approximate surface area is 222 Å². The lowest BCUT2D eigenvalue weighted by molar-refractivity contribution is -0.119. The van der Waals surface area contributed by atoms with Crippen LogP contribution < -0.4 is 4.90 Å². The molecule has 5 rings (SSSR count). The Morgan fingerprint density at radius 2 is 1.68 bits per heavy atom. The molecule has 6 nitrogen and oxygen atoms in total. The number of hydrogen-bond acceptors (Lipinski definition) is 4. The van der Waals surface area contributed by atoms with Crippen LogP contribution in [0, 0.1) is 12.3 Å². The highest BCUT2D eigenvalue weighted by atomic mass is 31.0. The largest absolute Gasteiger partial charge is 0.378 e. The SMILES string of the molecule is CC.Cc1ccc(CN2CC(=O)N(Cc3ccc(C(=N)N4CCOCC4)cc3)c3ccccc3C2)pc1. The number of rotatable bonds is 5. The zero-order valence-electron chi connectivity index (χ0n) is 22.1. The molecular formula is C30H37N4O2P. The summed E-state index contributed by atoms with van der Waals surface area (Å²) in [6.07, 6.45) is 0. The van der Waals surface area contributed by atoms with Crippen molar-refractivity contribution >= 4 is 25.6 Å². The molecule has 0 spiro atoms. The Morgan fingerprint density at radius 3 is 2.38 bits per heavy atom. The first-order valence-corrected chi connectivity index (χ1v) is 14.1. The normalized spacial score (nSPS) is 16.1. The van der Waals surface area contributed by atoms with Crippen molar-refractivity contribution in [3.8, 4) is 0 Å². The van der Waals surface area contributed by atoms with E-state index in [9.17, 15) is 4.79 Å². The van der Waals surface area contributed by atoms with Crippen molar-refractivity contribution in [2.24, 2.45) is 0 Å². The minimum atomic E-state index is 0.115. The van der Waals surface area contributed by atoms with Gasteiger partial charge in [0.15, 0.2) is 0 Å². The fourth-order valence-corrected chi connectivity index (χ4v) is 5.54. The van der Waals surface area contributed by atoms with Gasteiger partial charge in [0, 0.05) is 37.4 Å². The number of benzene rings is 2. The molecule has 0 saturated carbocycles. The number of amides is 1. The molecule has 2 aliphatic rings. The Balaban J connectivity index is 0.00000156. The van der Waals surface area contributed by atoms with Crippen LogP contribution in [0.25, 0.3) is 0 Å².